The monoisotopic (exact) mass is 1500 g/mol. The van der Waals surface area contributed by atoms with E-state index in [1.807, 2.05) is 97.0 Å². The van der Waals surface area contributed by atoms with Gasteiger partial charge in [0.1, 0.15) is 24.7 Å². The molecule has 0 bridgehead atoms. The van der Waals surface area contributed by atoms with Crippen molar-refractivity contribution in [2.75, 3.05) is 53.3 Å². The number of likely N-dealkylation sites (N-methyl/N-ethyl adjacent to an activating group) is 2. The number of carbonyl (C=O) groups is 10. The van der Waals surface area contributed by atoms with Gasteiger partial charge in [0, 0.05) is 71.5 Å². The molecule has 15 atom stereocenters. The summed E-state index contributed by atoms with van der Waals surface area (Å²) in [5.41, 5.74) is 7.57. The molecule has 1 aliphatic carbocycles. The largest absolute Gasteiger partial charge is 0.445 e. The predicted octanol–water partition coefficient (Wildman–Crippen LogP) is 10.2. The van der Waals surface area contributed by atoms with E-state index >= 15 is 0 Å². The number of unbranched alkanes of at least 4 members (excludes halogenated alkanes) is 2. The second kappa shape index (κ2) is 44.4. The van der Waals surface area contributed by atoms with Gasteiger partial charge in [-0.1, -0.05) is 187 Å². The van der Waals surface area contributed by atoms with E-state index in [0.717, 1.165) is 37.7 Å². The Morgan fingerprint density at radius 1 is 0.722 bits per heavy atom. The highest BCUT2D eigenvalue weighted by atomic mass is 16.6. The van der Waals surface area contributed by atoms with Gasteiger partial charge in [-0.25, -0.2) is 9.59 Å². The van der Waals surface area contributed by atoms with Gasteiger partial charge in [0.05, 0.1) is 60.7 Å². The molecule has 0 spiro atoms. The molecule has 2 aromatic carbocycles. The van der Waals surface area contributed by atoms with E-state index in [4.69, 9.17) is 19.9 Å². The number of methoxy groups -OCH3 is 2. The van der Waals surface area contributed by atoms with E-state index in [1.54, 1.807) is 80.9 Å². The average molecular weight is 1510 g/mol. The number of ether oxygens (including phenoxy) is 3. The number of carbonyl (C=O) groups excluding carboxylic acids is 10. The standard InChI is InChI=1S/C83H129N11O14/c1-18-45-83(20-3,61-37-29-22-21-23-30-38-61)63-49-67(95)94(79(63)102)47-31-25-26-34-56(11)86-69(52(4)5)77(100)89-64(39-32-46-85-81(84)104)76(99)88-62-43-41-59(42-44-62)51-108-82(105)92(15)71(54(8)9)78(101)90-70(53(6)7)80(103)91(14)72(55(10)19-2)66(106-16)50-68(96)93-48-33-40-65(93)74(107-17)57(12)75(98)87-58(13)73(97)60-35-27-24-28-36-60/h21-24,27-30,35-38,41-44,52-58,63-66,69-74,86,97H,18-20,25-26,31-34,39-40,45-51H2,1-17H3,(H,87,98)(H,88,99)(H,89,100)(H,90,101)(H3,84,85,104)/b22-21-,23-21?,29-22?,30-23-,37-29?,38-30?,61-37?,61-38?/t55-,56-,57+,58+,63?,64-,65-,66+,69-,70-,71-,72-,73+,74+,83?/m0/s1. The molecule has 2 unspecified atom stereocenters. The van der Waals surface area contributed by atoms with Crippen LogP contribution in [0.25, 0.3) is 0 Å². The Labute approximate surface area is 642 Å². The van der Waals surface area contributed by atoms with Crippen molar-refractivity contribution in [3.63, 3.8) is 0 Å². The molecule has 25 nitrogen and oxygen atoms in total. The van der Waals surface area contributed by atoms with E-state index in [2.05, 4.69) is 57.9 Å². The maximum atomic E-state index is 14.9. The van der Waals surface area contributed by atoms with Gasteiger partial charge < -0.3 is 66.8 Å². The zero-order valence-electron chi connectivity index (χ0n) is 67.4. The molecule has 2 aliphatic heterocycles. The molecular weight excluding hydrogens is 1370 g/mol. The van der Waals surface area contributed by atoms with E-state index < -0.39 is 120 Å². The summed E-state index contributed by atoms with van der Waals surface area (Å²) >= 11 is 0. The number of hydrogen-bond donors (Lipinski definition) is 8. The Hall–Kier alpha value is -8.26. The first-order chi connectivity index (χ1) is 51.3. The van der Waals surface area contributed by atoms with E-state index in [1.165, 1.54) is 31.1 Å². The lowest BCUT2D eigenvalue weighted by atomic mass is 9.64. The summed E-state index contributed by atoms with van der Waals surface area (Å²) in [6.45, 7) is 25.4. The number of rotatable bonds is 44. The minimum atomic E-state index is -1.08. The summed E-state index contributed by atoms with van der Waals surface area (Å²) in [5, 5.41) is 28.8. The molecule has 108 heavy (non-hydrogen) atoms. The molecule has 25 heteroatoms. The van der Waals surface area contributed by atoms with Crippen molar-refractivity contribution < 1.29 is 67.3 Å². The van der Waals surface area contributed by atoms with Gasteiger partial charge in [-0.05, 0) is 118 Å². The number of nitrogens with two attached hydrogens (primary N) is 1. The summed E-state index contributed by atoms with van der Waals surface area (Å²) < 4.78 is 17.9. The number of likely N-dealkylation sites (tertiary alicyclic amines) is 2. The Kier molecular flexibility index (Phi) is 37.2. The summed E-state index contributed by atoms with van der Waals surface area (Å²) in [6, 6.07) is 9.35. The number of primary amides is 1. The first-order valence-corrected chi connectivity index (χ1v) is 39.2. The van der Waals surface area contributed by atoms with E-state index in [9.17, 15) is 53.1 Å². The smallest absolute Gasteiger partial charge is 0.410 e. The van der Waals surface area contributed by atoms with Crippen LogP contribution in [0.2, 0.25) is 0 Å². The zero-order valence-corrected chi connectivity index (χ0v) is 67.4. The minimum absolute atomic E-state index is 0.0866. The van der Waals surface area contributed by atoms with Crippen LogP contribution in [0.15, 0.2) is 103 Å². The lowest BCUT2D eigenvalue weighted by Gasteiger charge is -2.41. The fourth-order valence-corrected chi connectivity index (χ4v) is 15.6. The molecule has 2 heterocycles. The van der Waals surface area contributed by atoms with Crippen LogP contribution in [0, 0.1) is 40.9 Å². The fourth-order valence-electron chi connectivity index (χ4n) is 15.6. The number of aliphatic hydroxyl groups excluding tert-OH is 1. The Morgan fingerprint density at radius 3 is 2.00 bits per heavy atom. The number of nitrogens with one attached hydrogen (secondary N) is 6. The second-order valence-corrected chi connectivity index (χ2v) is 30.8. The van der Waals surface area contributed by atoms with Crippen LogP contribution in [-0.2, 0) is 59.2 Å². The van der Waals surface area contributed by atoms with Crippen LogP contribution in [0.4, 0.5) is 15.3 Å². The van der Waals surface area contributed by atoms with E-state index in [0.29, 0.717) is 68.4 Å². The Bertz CT molecular complexity index is 3400. The molecule has 2 saturated heterocycles. The normalized spacial score (nSPS) is 19.7. The van der Waals surface area contributed by atoms with Crippen molar-refractivity contribution in [1.29, 1.82) is 0 Å². The third-order valence-corrected chi connectivity index (χ3v) is 22.0. The number of benzene rings is 2. The molecule has 600 valence electrons. The highest BCUT2D eigenvalue weighted by Gasteiger charge is 2.51. The third kappa shape index (κ3) is 25.1. The number of amides is 11. The van der Waals surface area contributed by atoms with Gasteiger partial charge in [-0.15, -0.1) is 0 Å². The molecular formula is C83H129N11O14. The number of anilines is 1. The fraction of sp³-hybridized carbons (Fsp3) is 0.639. The van der Waals surface area contributed by atoms with Crippen molar-refractivity contribution in [3.8, 4) is 0 Å². The molecule has 3 aliphatic rings. The zero-order chi connectivity index (χ0) is 80.1. The molecule has 2 aromatic rings. The van der Waals surface area contributed by atoms with Crippen molar-refractivity contribution in [1.82, 2.24) is 46.2 Å². The average Bonchev–Trinajstić information content (AvgIpc) is 1.58. The summed E-state index contributed by atoms with van der Waals surface area (Å²) in [7, 11) is 6.13. The molecule has 0 aromatic heterocycles. The SMILES string of the molecule is CCCC(CC)(C1=C/C=C\C=C/C=C1)C1CC(=O)N(CCCCC[C@H](C)N[C@H](C(=O)N[C@@H](CCCNC(N)=O)C(=O)Nc2ccc(COC(=O)N(C)[C@H](C(=O)N[C@H](C(=O)N(C)[C@@H]([C@@H](C)CC)[C@@H](CC(=O)N3CCC[C@H]3[C@H](OC)[C@@H](C)C(=O)N[C@H](C)[C@@H](O)c3ccccc3)OC)C(C)C)C(C)C)cc2)C(C)C)C1=O. The maximum Gasteiger partial charge on any atom is 0.410 e. The number of hydrogen-bond acceptors (Lipinski definition) is 15. The minimum Gasteiger partial charge on any atom is -0.445 e. The van der Waals surface area contributed by atoms with Crippen molar-refractivity contribution in [2.24, 2.45) is 46.7 Å². The Morgan fingerprint density at radius 2 is 1.39 bits per heavy atom. The highest BCUT2D eigenvalue weighted by molar-refractivity contribution is 6.04. The second-order valence-electron chi connectivity index (χ2n) is 30.8. The van der Waals surface area contributed by atoms with Gasteiger partial charge in [-0.3, -0.25) is 48.2 Å². The van der Waals surface area contributed by atoms with Gasteiger partial charge in [0.2, 0.25) is 47.3 Å². The van der Waals surface area contributed by atoms with Crippen LogP contribution in [-0.4, -0.2) is 193 Å². The van der Waals surface area contributed by atoms with Crippen LogP contribution in [0.3, 0.4) is 0 Å². The van der Waals surface area contributed by atoms with E-state index in [-0.39, 0.29) is 79.8 Å². The molecule has 2 fully saturated rings. The number of urea groups is 1. The highest BCUT2D eigenvalue weighted by Crippen LogP contribution is 2.49. The van der Waals surface area contributed by atoms with Gasteiger partial charge in [0.25, 0.3) is 0 Å². The van der Waals surface area contributed by atoms with Crippen LogP contribution in [0.1, 0.15) is 197 Å². The first-order valence-electron chi connectivity index (χ1n) is 39.2. The summed E-state index contributed by atoms with van der Waals surface area (Å²) in [6.07, 6.45) is 18.7. The van der Waals surface area contributed by atoms with Gasteiger partial charge in [-0.2, -0.15) is 0 Å². The van der Waals surface area contributed by atoms with Crippen LogP contribution >= 0.6 is 0 Å². The quantitative estimate of drug-likeness (QED) is 0.0226. The molecule has 11 amide bonds. The summed E-state index contributed by atoms with van der Waals surface area (Å²) in [5.74, 6) is -4.97. The van der Waals surface area contributed by atoms with Crippen LogP contribution < -0.4 is 37.6 Å². The number of allylic oxidation sites excluding steroid dienone is 8. The topological polar surface area (TPSA) is 330 Å². The number of aliphatic hydroxyl groups is 1. The van der Waals surface area contributed by atoms with Crippen molar-refractivity contribution in [2.45, 2.75) is 253 Å². The first kappa shape index (κ1) is 90.4. The number of nitrogens with zero attached hydrogens (tertiary/aromatic N) is 4. The summed E-state index contributed by atoms with van der Waals surface area (Å²) in [4.78, 5) is 145. The molecule has 9 N–H and O–H groups in total. The Balaban J connectivity index is 1.16. The molecule has 5 rings (SSSR count). The molecule has 0 saturated carbocycles. The molecule has 0 radical (unpaired) electrons. The third-order valence-electron chi connectivity index (χ3n) is 22.0. The van der Waals surface area contributed by atoms with Gasteiger partial charge in [0.15, 0.2) is 0 Å². The predicted molar refractivity (Wildman–Crippen MR) is 420 cm³/mol. The maximum absolute atomic E-state index is 14.9. The van der Waals surface area contributed by atoms with Gasteiger partial charge >= 0.3 is 12.1 Å². The number of imide groups is 1. The van der Waals surface area contributed by atoms with Crippen molar-refractivity contribution in [3.05, 3.63) is 114 Å². The lowest BCUT2D eigenvalue weighted by molar-refractivity contribution is -0.148. The van der Waals surface area contributed by atoms with Crippen LogP contribution in [0.5, 0.6) is 0 Å². The lowest BCUT2D eigenvalue weighted by Crippen LogP contribution is -2.60. The van der Waals surface area contributed by atoms with Crippen molar-refractivity contribution >= 4 is 65.1 Å².